The number of hydrogen-bond acceptors (Lipinski definition) is 2. The van der Waals surface area contributed by atoms with Gasteiger partial charge in [-0.05, 0) is 47.5 Å². The Morgan fingerprint density at radius 1 is 0.514 bits per heavy atom. The van der Waals surface area contributed by atoms with Crippen LogP contribution in [0.2, 0.25) is 0 Å². The Morgan fingerprint density at radius 2 is 0.943 bits per heavy atom. The molecule has 4 rings (SSSR count). The summed E-state index contributed by atoms with van der Waals surface area (Å²) >= 11 is 0. The molecule has 0 atom stereocenters. The number of anilines is 2. The highest BCUT2D eigenvalue weighted by Gasteiger charge is 2.18. The van der Waals surface area contributed by atoms with E-state index in [2.05, 4.69) is 0 Å². The molecule has 170 valence electrons. The molecule has 0 amide bonds. The summed E-state index contributed by atoms with van der Waals surface area (Å²) in [5, 5.41) is 0. The molecule has 0 aliphatic heterocycles. The minimum absolute atomic E-state index is 0.0897. The molecule has 4 aromatic carbocycles. The summed E-state index contributed by atoms with van der Waals surface area (Å²) < 4.78 is 0. The summed E-state index contributed by atoms with van der Waals surface area (Å²) in [7, 11) is 0. The summed E-state index contributed by atoms with van der Waals surface area (Å²) in [5.41, 5.74) is 4.54. The quantitative estimate of drug-likeness (QED) is 0.188. The zero-order chi connectivity index (χ0) is 24.1. The van der Waals surface area contributed by atoms with E-state index in [0.29, 0.717) is 5.70 Å². The molecule has 0 aliphatic carbocycles. The van der Waals surface area contributed by atoms with Gasteiger partial charge in [0.25, 0.3) is 0 Å². The molecule has 2 nitrogen and oxygen atoms in total. The zero-order valence-electron chi connectivity index (χ0n) is 19.4. The fourth-order valence-electron chi connectivity index (χ4n) is 3.62. The van der Waals surface area contributed by atoms with E-state index in [1.54, 1.807) is 12.2 Å². The van der Waals surface area contributed by atoms with E-state index in [9.17, 15) is 4.79 Å². The highest BCUT2D eigenvalue weighted by Crippen LogP contribution is 2.30. The number of hydrogen-bond donors (Lipinski definition) is 0. The first kappa shape index (κ1) is 23.5. The number of carbonyl (C=O) groups is 1. The number of nitrogens with zero attached hydrogens (tertiary/aromatic N) is 1. The van der Waals surface area contributed by atoms with Crippen molar-refractivity contribution in [3.8, 4) is 0 Å². The van der Waals surface area contributed by atoms with Crippen LogP contribution in [0.15, 0.2) is 157 Å². The second-order valence-electron chi connectivity index (χ2n) is 7.82. The van der Waals surface area contributed by atoms with Crippen LogP contribution in [0.25, 0.3) is 12.2 Å². The lowest BCUT2D eigenvalue weighted by Crippen LogP contribution is -2.21. The zero-order valence-corrected chi connectivity index (χ0v) is 19.4. The van der Waals surface area contributed by atoms with Crippen molar-refractivity contribution in [1.29, 1.82) is 0 Å². The molecule has 2 heteroatoms. The fraction of sp³-hybridized carbons (Fsp3) is 0. The summed E-state index contributed by atoms with van der Waals surface area (Å²) in [6.45, 7) is 0. The van der Waals surface area contributed by atoms with E-state index in [-0.39, 0.29) is 5.78 Å². The number of ketones is 1. The van der Waals surface area contributed by atoms with Gasteiger partial charge in [-0.3, -0.25) is 4.79 Å². The maximum atomic E-state index is 13.5. The lowest BCUT2D eigenvalue weighted by atomic mass is 10.1. The Morgan fingerprint density at radius 3 is 1.43 bits per heavy atom. The molecule has 0 saturated heterocycles. The van der Waals surface area contributed by atoms with Crippen molar-refractivity contribution < 1.29 is 4.79 Å². The Labute approximate surface area is 207 Å². The van der Waals surface area contributed by atoms with E-state index in [0.717, 1.165) is 22.5 Å². The number of allylic oxidation sites excluding steroid dienone is 5. The average Bonchev–Trinajstić information content (AvgIpc) is 2.93. The smallest absolute Gasteiger partial charge is 0.202 e. The predicted molar refractivity (Wildman–Crippen MR) is 148 cm³/mol. The third-order valence-corrected chi connectivity index (χ3v) is 5.31. The number of rotatable bonds is 9. The topological polar surface area (TPSA) is 20.3 Å². The largest absolute Gasteiger partial charge is 0.307 e. The van der Waals surface area contributed by atoms with Gasteiger partial charge in [-0.15, -0.1) is 0 Å². The first-order valence-corrected chi connectivity index (χ1v) is 11.6. The molecule has 4 aromatic rings. The fourth-order valence-corrected chi connectivity index (χ4v) is 3.62. The SMILES string of the molecule is O=C(C=CC=Cc1ccccc1)C(=CC=Cc1ccccc1)N(c1ccccc1)c1ccccc1. The minimum Gasteiger partial charge on any atom is -0.307 e. The van der Waals surface area contributed by atoms with Crippen LogP contribution in [0.3, 0.4) is 0 Å². The molecule has 0 fully saturated rings. The molecule has 0 spiro atoms. The van der Waals surface area contributed by atoms with Gasteiger partial charge in [0.05, 0.1) is 5.70 Å². The van der Waals surface area contributed by atoms with Crippen molar-refractivity contribution in [3.63, 3.8) is 0 Å². The second kappa shape index (κ2) is 12.5. The van der Waals surface area contributed by atoms with Gasteiger partial charge in [0.1, 0.15) is 0 Å². The van der Waals surface area contributed by atoms with E-state index in [4.69, 9.17) is 0 Å². The molecule has 0 N–H and O–H groups in total. The van der Waals surface area contributed by atoms with Crippen LogP contribution in [0, 0.1) is 0 Å². The van der Waals surface area contributed by atoms with Crippen molar-refractivity contribution in [2.75, 3.05) is 4.90 Å². The maximum Gasteiger partial charge on any atom is 0.202 e. The van der Waals surface area contributed by atoms with Crippen molar-refractivity contribution in [1.82, 2.24) is 0 Å². The summed E-state index contributed by atoms with van der Waals surface area (Å²) in [6.07, 6.45) is 13.1. The van der Waals surface area contributed by atoms with Gasteiger partial charge in [-0.1, -0.05) is 127 Å². The van der Waals surface area contributed by atoms with Gasteiger partial charge in [0.15, 0.2) is 0 Å². The molecule has 0 radical (unpaired) electrons. The Hall–Kier alpha value is -4.69. The van der Waals surface area contributed by atoms with Crippen LogP contribution >= 0.6 is 0 Å². The van der Waals surface area contributed by atoms with Crippen LogP contribution in [0.1, 0.15) is 11.1 Å². The molecule has 35 heavy (non-hydrogen) atoms. The number of benzene rings is 4. The highest BCUT2D eigenvalue weighted by molar-refractivity contribution is 6.08. The highest BCUT2D eigenvalue weighted by atomic mass is 16.1. The van der Waals surface area contributed by atoms with Gasteiger partial charge in [-0.25, -0.2) is 0 Å². The van der Waals surface area contributed by atoms with Crippen LogP contribution < -0.4 is 4.90 Å². The molecule has 0 aliphatic rings. The Bertz CT molecular complexity index is 1280. The number of carbonyl (C=O) groups excluding carboxylic acids is 1. The number of para-hydroxylation sites is 2. The molecule has 0 unspecified atom stereocenters. The van der Waals surface area contributed by atoms with Gasteiger partial charge < -0.3 is 4.90 Å². The maximum absolute atomic E-state index is 13.5. The molecular formula is C33H27NO. The van der Waals surface area contributed by atoms with Gasteiger partial charge in [0, 0.05) is 11.4 Å². The van der Waals surface area contributed by atoms with Crippen LogP contribution in [-0.2, 0) is 4.79 Å². The third kappa shape index (κ3) is 6.89. The van der Waals surface area contributed by atoms with Crippen molar-refractivity contribution in [2.24, 2.45) is 0 Å². The van der Waals surface area contributed by atoms with Gasteiger partial charge >= 0.3 is 0 Å². The van der Waals surface area contributed by atoms with E-state index >= 15 is 0 Å². The predicted octanol–water partition coefficient (Wildman–Crippen LogP) is 8.26. The van der Waals surface area contributed by atoms with Crippen molar-refractivity contribution in [2.45, 2.75) is 0 Å². The lowest BCUT2D eigenvalue weighted by molar-refractivity contribution is -0.111. The van der Waals surface area contributed by atoms with Crippen molar-refractivity contribution >= 4 is 29.3 Å². The minimum atomic E-state index is -0.0897. The summed E-state index contributed by atoms with van der Waals surface area (Å²) in [4.78, 5) is 15.5. The summed E-state index contributed by atoms with van der Waals surface area (Å²) in [5.74, 6) is -0.0897. The van der Waals surface area contributed by atoms with Crippen LogP contribution in [0.4, 0.5) is 11.4 Å². The molecule has 0 heterocycles. The first-order chi connectivity index (χ1) is 17.3. The average molecular weight is 454 g/mol. The van der Waals surface area contributed by atoms with Gasteiger partial charge in [-0.2, -0.15) is 0 Å². The lowest BCUT2D eigenvalue weighted by Gasteiger charge is -2.26. The molecule has 0 aromatic heterocycles. The normalized spacial score (nSPS) is 11.9. The van der Waals surface area contributed by atoms with E-state index < -0.39 is 0 Å². The second-order valence-corrected chi connectivity index (χ2v) is 7.82. The van der Waals surface area contributed by atoms with Gasteiger partial charge in [0.2, 0.25) is 5.78 Å². The van der Waals surface area contributed by atoms with Crippen LogP contribution in [-0.4, -0.2) is 5.78 Å². The standard InChI is InChI=1S/C33H27NO/c35-33(27-14-13-20-28-16-5-1-6-17-28)32(26-15-21-29-18-7-2-8-19-29)34(30-22-9-3-10-23-30)31-24-11-4-12-25-31/h1-27H. The molecule has 0 saturated carbocycles. The van der Waals surface area contributed by atoms with Crippen molar-refractivity contribution in [3.05, 3.63) is 169 Å². The third-order valence-electron chi connectivity index (χ3n) is 5.31. The Kier molecular flexibility index (Phi) is 8.40. The van der Waals surface area contributed by atoms with Crippen LogP contribution in [0.5, 0.6) is 0 Å². The molecule has 0 bridgehead atoms. The van der Waals surface area contributed by atoms with E-state index in [1.807, 2.05) is 157 Å². The monoisotopic (exact) mass is 453 g/mol. The first-order valence-electron chi connectivity index (χ1n) is 11.6. The van der Waals surface area contributed by atoms with E-state index in [1.165, 1.54) is 0 Å². The molecular weight excluding hydrogens is 426 g/mol. The summed E-state index contributed by atoms with van der Waals surface area (Å²) in [6, 6.07) is 40.0. The Balaban J connectivity index is 1.70.